The van der Waals surface area contributed by atoms with Crippen LogP contribution < -0.4 is 10.2 Å². The van der Waals surface area contributed by atoms with Crippen molar-refractivity contribution in [2.24, 2.45) is 5.92 Å². The quantitative estimate of drug-likeness (QED) is 0.828. The van der Waals surface area contributed by atoms with Gasteiger partial charge in [-0.2, -0.15) is 0 Å². The number of nitrogens with one attached hydrogen (secondary N) is 1. The fraction of sp³-hybridized carbons (Fsp3) is 0.684. The van der Waals surface area contributed by atoms with Crippen molar-refractivity contribution < 1.29 is 0 Å². The van der Waals surface area contributed by atoms with E-state index in [-0.39, 0.29) is 0 Å². The number of hydrogen-bond acceptors (Lipinski definition) is 2. The third-order valence-corrected chi connectivity index (χ3v) is 4.60. The normalized spacial score (nSPS) is 16.4. The lowest BCUT2D eigenvalue weighted by Crippen LogP contribution is -2.29. The summed E-state index contributed by atoms with van der Waals surface area (Å²) in [6.07, 6.45) is 7.11. The summed E-state index contributed by atoms with van der Waals surface area (Å²) in [7, 11) is 2.26. The van der Waals surface area contributed by atoms with Gasteiger partial charge in [0.1, 0.15) is 0 Å². The van der Waals surface area contributed by atoms with E-state index in [1.54, 1.807) is 0 Å². The third-order valence-electron chi connectivity index (χ3n) is 4.60. The Morgan fingerprint density at radius 1 is 1.19 bits per heavy atom. The average Bonchev–Trinajstić information content (AvgIpc) is 2.46. The number of aryl methyl sites for hydroxylation is 1. The minimum Gasteiger partial charge on any atom is -0.374 e. The molecular weight excluding hydrogens is 256 g/mol. The van der Waals surface area contributed by atoms with Gasteiger partial charge in [-0.1, -0.05) is 50.8 Å². The molecule has 2 heteroatoms. The number of nitrogens with zero attached hydrogens (tertiary/aromatic N) is 1. The van der Waals surface area contributed by atoms with E-state index in [0.717, 1.165) is 12.5 Å². The molecule has 0 aromatic heterocycles. The summed E-state index contributed by atoms with van der Waals surface area (Å²) >= 11 is 0. The van der Waals surface area contributed by atoms with Crippen LogP contribution in [0.15, 0.2) is 18.2 Å². The van der Waals surface area contributed by atoms with Gasteiger partial charge in [0.15, 0.2) is 0 Å². The lowest BCUT2D eigenvalue weighted by molar-refractivity contribution is 0.362. The lowest BCUT2D eigenvalue weighted by atomic mass is 9.89. The molecule has 1 saturated carbocycles. The maximum Gasteiger partial charge on any atom is 0.0409 e. The molecule has 0 bridgehead atoms. The van der Waals surface area contributed by atoms with Crippen molar-refractivity contribution in [3.05, 3.63) is 29.3 Å². The first-order valence-corrected chi connectivity index (χ1v) is 8.60. The van der Waals surface area contributed by atoms with Gasteiger partial charge in [-0.25, -0.2) is 0 Å². The highest BCUT2D eigenvalue weighted by Crippen LogP contribution is 2.27. The zero-order chi connectivity index (χ0) is 15.2. The molecule has 0 amide bonds. The zero-order valence-corrected chi connectivity index (χ0v) is 14.3. The van der Waals surface area contributed by atoms with Gasteiger partial charge >= 0.3 is 0 Å². The number of anilines is 1. The number of rotatable bonds is 6. The molecule has 1 N–H and O–H groups in total. The molecule has 21 heavy (non-hydrogen) atoms. The van der Waals surface area contributed by atoms with E-state index in [1.807, 2.05) is 0 Å². The van der Waals surface area contributed by atoms with Crippen LogP contribution in [0.3, 0.4) is 0 Å². The molecule has 2 nitrogen and oxygen atoms in total. The summed E-state index contributed by atoms with van der Waals surface area (Å²) < 4.78 is 0. The van der Waals surface area contributed by atoms with Crippen LogP contribution >= 0.6 is 0 Å². The Kier molecular flexibility index (Phi) is 6.10. The smallest absolute Gasteiger partial charge is 0.0409 e. The molecule has 0 spiro atoms. The van der Waals surface area contributed by atoms with E-state index in [2.05, 4.69) is 56.2 Å². The molecule has 2 rings (SSSR count). The molecule has 0 atom stereocenters. The van der Waals surface area contributed by atoms with E-state index in [4.69, 9.17) is 0 Å². The van der Waals surface area contributed by atoms with Crippen LogP contribution in [0.25, 0.3) is 0 Å². The molecule has 0 saturated heterocycles. The van der Waals surface area contributed by atoms with Crippen molar-refractivity contribution in [2.75, 3.05) is 18.5 Å². The van der Waals surface area contributed by atoms with E-state index >= 15 is 0 Å². The maximum absolute atomic E-state index is 3.56. The van der Waals surface area contributed by atoms with E-state index in [0.29, 0.717) is 6.04 Å². The van der Waals surface area contributed by atoms with Crippen molar-refractivity contribution in [1.82, 2.24) is 5.32 Å². The van der Waals surface area contributed by atoms with Crippen LogP contribution in [0.2, 0.25) is 0 Å². The van der Waals surface area contributed by atoms with Crippen LogP contribution in [0, 0.1) is 12.8 Å². The van der Waals surface area contributed by atoms with E-state index < -0.39 is 0 Å². The van der Waals surface area contributed by atoms with Gasteiger partial charge in [-0.15, -0.1) is 0 Å². The van der Waals surface area contributed by atoms with Gasteiger partial charge in [-0.3, -0.25) is 0 Å². The first kappa shape index (κ1) is 16.4. The molecule has 0 heterocycles. The molecule has 1 aliphatic carbocycles. The maximum atomic E-state index is 3.56. The predicted molar refractivity (Wildman–Crippen MR) is 93.0 cm³/mol. The lowest BCUT2D eigenvalue weighted by Gasteiger charge is -2.30. The SMILES string of the molecule is Cc1ccc(N(C)CC2CCCCC2)c(CNC(C)C)c1. The molecule has 118 valence electrons. The Labute approximate surface area is 130 Å². The second-order valence-corrected chi connectivity index (χ2v) is 7.05. The highest BCUT2D eigenvalue weighted by atomic mass is 15.1. The van der Waals surface area contributed by atoms with Crippen LogP contribution in [0.5, 0.6) is 0 Å². The second-order valence-electron chi connectivity index (χ2n) is 7.05. The van der Waals surface area contributed by atoms with E-state index in [1.165, 1.54) is 55.5 Å². The summed E-state index contributed by atoms with van der Waals surface area (Å²) in [5.41, 5.74) is 4.19. The Bertz CT molecular complexity index is 433. The molecule has 0 aliphatic heterocycles. The topological polar surface area (TPSA) is 15.3 Å². The van der Waals surface area contributed by atoms with Gasteiger partial charge in [0.25, 0.3) is 0 Å². The molecule has 0 unspecified atom stereocenters. The summed E-state index contributed by atoms with van der Waals surface area (Å²) in [6, 6.07) is 7.41. The van der Waals surface area contributed by atoms with Gasteiger partial charge in [0.2, 0.25) is 0 Å². The van der Waals surface area contributed by atoms with Gasteiger partial charge in [-0.05, 0) is 37.3 Å². The summed E-state index contributed by atoms with van der Waals surface area (Å²) in [5.74, 6) is 0.885. The van der Waals surface area contributed by atoms with Crippen molar-refractivity contribution in [2.45, 2.75) is 65.5 Å². The summed E-state index contributed by atoms with van der Waals surface area (Å²) in [6.45, 7) is 8.77. The fourth-order valence-corrected chi connectivity index (χ4v) is 3.40. The zero-order valence-electron chi connectivity index (χ0n) is 14.3. The largest absolute Gasteiger partial charge is 0.374 e. The molecular formula is C19H32N2. The van der Waals surface area contributed by atoms with Crippen LogP contribution in [0.1, 0.15) is 57.1 Å². The number of benzene rings is 1. The van der Waals surface area contributed by atoms with Crippen molar-refractivity contribution in [1.29, 1.82) is 0 Å². The van der Waals surface area contributed by atoms with Crippen molar-refractivity contribution in [3.63, 3.8) is 0 Å². The Morgan fingerprint density at radius 2 is 1.90 bits per heavy atom. The molecule has 0 radical (unpaired) electrons. The number of hydrogen-bond donors (Lipinski definition) is 1. The Balaban J connectivity index is 2.05. The van der Waals surface area contributed by atoms with Gasteiger partial charge in [0.05, 0.1) is 0 Å². The minimum atomic E-state index is 0.530. The van der Waals surface area contributed by atoms with Crippen LogP contribution in [-0.2, 0) is 6.54 Å². The predicted octanol–water partition coefficient (Wildman–Crippen LogP) is 4.51. The Hall–Kier alpha value is -1.02. The van der Waals surface area contributed by atoms with Crippen molar-refractivity contribution in [3.8, 4) is 0 Å². The fourth-order valence-electron chi connectivity index (χ4n) is 3.40. The highest BCUT2D eigenvalue weighted by Gasteiger charge is 2.17. The molecule has 1 aliphatic rings. The summed E-state index contributed by atoms with van der Waals surface area (Å²) in [5, 5.41) is 3.56. The first-order chi connectivity index (χ1) is 10.1. The molecule has 1 aromatic carbocycles. The van der Waals surface area contributed by atoms with E-state index in [9.17, 15) is 0 Å². The minimum absolute atomic E-state index is 0.530. The first-order valence-electron chi connectivity index (χ1n) is 8.60. The second kappa shape index (κ2) is 7.84. The van der Waals surface area contributed by atoms with Gasteiger partial charge < -0.3 is 10.2 Å². The Morgan fingerprint density at radius 3 is 2.57 bits per heavy atom. The molecule has 1 aromatic rings. The highest BCUT2D eigenvalue weighted by molar-refractivity contribution is 5.54. The monoisotopic (exact) mass is 288 g/mol. The third kappa shape index (κ3) is 5.03. The van der Waals surface area contributed by atoms with Gasteiger partial charge in [0, 0.05) is 31.9 Å². The molecule has 1 fully saturated rings. The summed E-state index contributed by atoms with van der Waals surface area (Å²) in [4.78, 5) is 2.48. The van der Waals surface area contributed by atoms with Crippen LogP contribution in [0.4, 0.5) is 5.69 Å². The van der Waals surface area contributed by atoms with Crippen LogP contribution in [-0.4, -0.2) is 19.6 Å². The standard InChI is InChI=1S/C19H32N2/c1-15(2)20-13-18-12-16(3)10-11-19(18)21(4)14-17-8-6-5-7-9-17/h10-12,15,17,20H,5-9,13-14H2,1-4H3. The van der Waals surface area contributed by atoms with Crippen molar-refractivity contribution >= 4 is 5.69 Å². The average molecular weight is 288 g/mol.